The topological polar surface area (TPSA) is 39.1 Å². The predicted octanol–water partition coefficient (Wildman–Crippen LogP) is 1.81. The maximum absolute atomic E-state index is 5.48. The smallest absolute Gasteiger partial charge is 0.0762 e. The second-order valence-electron chi connectivity index (χ2n) is 3.86. The Bertz CT molecular complexity index is 289. The number of aromatic nitrogens is 2. The van der Waals surface area contributed by atoms with Crippen LogP contribution in [-0.4, -0.2) is 35.4 Å². The van der Waals surface area contributed by atoms with Gasteiger partial charge in [-0.1, -0.05) is 0 Å². The van der Waals surface area contributed by atoms with Crippen LogP contribution in [0.5, 0.6) is 0 Å². The molecular formula is C11H20ClN3O. The fourth-order valence-corrected chi connectivity index (χ4v) is 1.39. The van der Waals surface area contributed by atoms with Gasteiger partial charge in [0, 0.05) is 31.2 Å². The molecule has 0 atom stereocenters. The van der Waals surface area contributed by atoms with Crippen LogP contribution in [0.3, 0.4) is 0 Å². The third kappa shape index (κ3) is 4.96. The first-order chi connectivity index (χ1) is 7.74. The van der Waals surface area contributed by atoms with E-state index in [0.717, 1.165) is 18.8 Å². The molecule has 0 saturated carbocycles. The van der Waals surface area contributed by atoms with Gasteiger partial charge in [-0.2, -0.15) is 5.10 Å². The number of rotatable bonds is 8. The SMILES string of the molecule is CC(C)n1ccc(CNCCOCCCl)n1. The molecule has 0 radical (unpaired) electrons. The number of nitrogens with one attached hydrogen (secondary N) is 1. The number of alkyl halides is 1. The van der Waals surface area contributed by atoms with Gasteiger partial charge in [0.05, 0.1) is 18.9 Å². The van der Waals surface area contributed by atoms with E-state index >= 15 is 0 Å². The summed E-state index contributed by atoms with van der Waals surface area (Å²) in [5.74, 6) is 0.554. The molecule has 1 rings (SSSR count). The second kappa shape index (κ2) is 7.65. The molecule has 0 aliphatic carbocycles. The molecule has 0 aliphatic rings. The Morgan fingerprint density at radius 1 is 1.50 bits per heavy atom. The minimum Gasteiger partial charge on any atom is -0.379 e. The Morgan fingerprint density at radius 2 is 2.31 bits per heavy atom. The van der Waals surface area contributed by atoms with Gasteiger partial charge in [0.15, 0.2) is 0 Å². The van der Waals surface area contributed by atoms with Crippen molar-refractivity contribution < 1.29 is 4.74 Å². The molecule has 1 aromatic rings. The van der Waals surface area contributed by atoms with Gasteiger partial charge in [-0.05, 0) is 19.9 Å². The summed E-state index contributed by atoms with van der Waals surface area (Å²) in [5.41, 5.74) is 1.06. The normalized spacial score (nSPS) is 11.2. The van der Waals surface area contributed by atoms with E-state index in [2.05, 4.69) is 24.3 Å². The Morgan fingerprint density at radius 3 is 2.94 bits per heavy atom. The summed E-state index contributed by atoms with van der Waals surface area (Å²) in [6, 6.07) is 2.45. The Labute approximate surface area is 102 Å². The first-order valence-electron chi connectivity index (χ1n) is 5.62. The molecule has 1 heterocycles. The molecule has 1 aromatic heterocycles. The average Bonchev–Trinajstić information content (AvgIpc) is 2.72. The van der Waals surface area contributed by atoms with Crippen molar-refractivity contribution in [2.45, 2.75) is 26.4 Å². The maximum atomic E-state index is 5.48. The molecule has 5 heteroatoms. The van der Waals surface area contributed by atoms with Gasteiger partial charge in [-0.3, -0.25) is 4.68 Å². The van der Waals surface area contributed by atoms with Crippen molar-refractivity contribution in [3.8, 4) is 0 Å². The summed E-state index contributed by atoms with van der Waals surface area (Å²) in [5, 5.41) is 7.70. The van der Waals surface area contributed by atoms with E-state index in [9.17, 15) is 0 Å². The summed E-state index contributed by atoms with van der Waals surface area (Å²) in [7, 11) is 0. The lowest BCUT2D eigenvalue weighted by Crippen LogP contribution is -2.20. The van der Waals surface area contributed by atoms with Crippen LogP contribution in [0.1, 0.15) is 25.6 Å². The molecule has 0 amide bonds. The zero-order chi connectivity index (χ0) is 11.8. The van der Waals surface area contributed by atoms with Gasteiger partial charge < -0.3 is 10.1 Å². The molecule has 16 heavy (non-hydrogen) atoms. The summed E-state index contributed by atoms with van der Waals surface area (Å²) in [6.07, 6.45) is 2.01. The highest BCUT2D eigenvalue weighted by atomic mass is 35.5. The summed E-state index contributed by atoms with van der Waals surface area (Å²) in [4.78, 5) is 0. The van der Waals surface area contributed by atoms with Crippen molar-refractivity contribution in [2.24, 2.45) is 0 Å². The van der Waals surface area contributed by atoms with E-state index in [-0.39, 0.29) is 0 Å². The first kappa shape index (κ1) is 13.5. The lowest BCUT2D eigenvalue weighted by atomic mass is 10.4. The molecule has 0 spiro atoms. The van der Waals surface area contributed by atoms with Crippen LogP contribution in [0.15, 0.2) is 12.3 Å². The molecule has 92 valence electrons. The number of ether oxygens (including phenoxy) is 1. The Hall–Kier alpha value is -0.580. The first-order valence-corrected chi connectivity index (χ1v) is 6.16. The summed E-state index contributed by atoms with van der Waals surface area (Å²) >= 11 is 5.48. The summed E-state index contributed by atoms with van der Waals surface area (Å²) < 4.78 is 7.20. The fraction of sp³-hybridized carbons (Fsp3) is 0.727. The van der Waals surface area contributed by atoms with Gasteiger partial charge in [-0.15, -0.1) is 11.6 Å². The van der Waals surface area contributed by atoms with Gasteiger partial charge in [0.1, 0.15) is 0 Å². The third-order valence-corrected chi connectivity index (χ3v) is 2.30. The predicted molar refractivity (Wildman–Crippen MR) is 65.9 cm³/mol. The van der Waals surface area contributed by atoms with Crippen LogP contribution in [0, 0.1) is 0 Å². The quantitative estimate of drug-likeness (QED) is 0.561. The number of halogens is 1. The number of nitrogens with zero attached hydrogens (tertiary/aromatic N) is 2. The minimum atomic E-state index is 0.417. The molecule has 0 fully saturated rings. The average molecular weight is 246 g/mol. The van der Waals surface area contributed by atoms with Crippen LogP contribution in [0.2, 0.25) is 0 Å². The van der Waals surface area contributed by atoms with E-state index in [0.29, 0.717) is 25.1 Å². The zero-order valence-corrected chi connectivity index (χ0v) is 10.7. The molecule has 0 bridgehead atoms. The standard InChI is InChI=1S/C11H20ClN3O/c1-10(2)15-6-3-11(14-15)9-13-5-8-16-7-4-12/h3,6,10,13H,4-5,7-9H2,1-2H3. The van der Waals surface area contributed by atoms with E-state index in [1.54, 1.807) is 0 Å². The van der Waals surface area contributed by atoms with Crippen molar-refractivity contribution in [3.05, 3.63) is 18.0 Å². The molecule has 0 aliphatic heterocycles. The summed E-state index contributed by atoms with van der Waals surface area (Å²) in [6.45, 7) is 7.15. The van der Waals surface area contributed by atoms with Crippen LogP contribution in [-0.2, 0) is 11.3 Å². The van der Waals surface area contributed by atoms with Crippen molar-refractivity contribution in [1.82, 2.24) is 15.1 Å². The van der Waals surface area contributed by atoms with Crippen LogP contribution in [0.25, 0.3) is 0 Å². The highest BCUT2D eigenvalue weighted by molar-refractivity contribution is 6.17. The lowest BCUT2D eigenvalue weighted by Gasteiger charge is -2.05. The molecule has 0 aromatic carbocycles. The minimum absolute atomic E-state index is 0.417. The van der Waals surface area contributed by atoms with Crippen LogP contribution >= 0.6 is 11.6 Å². The number of hydrogen-bond donors (Lipinski definition) is 1. The van der Waals surface area contributed by atoms with Crippen molar-refractivity contribution in [3.63, 3.8) is 0 Å². The highest BCUT2D eigenvalue weighted by Gasteiger charge is 2.00. The molecule has 0 unspecified atom stereocenters. The largest absolute Gasteiger partial charge is 0.379 e. The van der Waals surface area contributed by atoms with Crippen molar-refractivity contribution in [2.75, 3.05) is 25.6 Å². The third-order valence-electron chi connectivity index (χ3n) is 2.14. The van der Waals surface area contributed by atoms with E-state index < -0.39 is 0 Å². The van der Waals surface area contributed by atoms with E-state index in [1.165, 1.54) is 0 Å². The molecule has 4 nitrogen and oxygen atoms in total. The van der Waals surface area contributed by atoms with Gasteiger partial charge in [-0.25, -0.2) is 0 Å². The van der Waals surface area contributed by atoms with Gasteiger partial charge >= 0.3 is 0 Å². The second-order valence-corrected chi connectivity index (χ2v) is 4.24. The highest BCUT2D eigenvalue weighted by Crippen LogP contribution is 2.03. The number of hydrogen-bond acceptors (Lipinski definition) is 3. The van der Waals surface area contributed by atoms with Crippen molar-refractivity contribution in [1.29, 1.82) is 0 Å². The lowest BCUT2D eigenvalue weighted by molar-refractivity contribution is 0.150. The molecule has 1 N–H and O–H groups in total. The fourth-order valence-electron chi connectivity index (χ4n) is 1.28. The van der Waals surface area contributed by atoms with Gasteiger partial charge in [0.2, 0.25) is 0 Å². The van der Waals surface area contributed by atoms with Crippen molar-refractivity contribution >= 4 is 11.6 Å². The van der Waals surface area contributed by atoms with Gasteiger partial charge in [0.25, 0.3) is 0 Å². The molecular weight excluding hydrogens is 226 g/mol. The zero-order valence-electron chi connectivity index (χ0n) is 9.95. The Kier molecular flexibility index (Phi) is 6.45. The van der Waals surface area contributed by atoms with E-state index in [1.807, 2.05) is 16.9 Å². The van der Waals surface area contributed by atoms with Crippen LogP contribution < -0.4 is 5.32 Å². The maximum Gasteiger partial charge on any atom is 0.0762 e. The Balaban J connectivity index is 2.12. The molecule has 0 saturated heterocycles. The van der Waals surface area contributed by atoms with E-state index in [4.69, 9.17) is 16.3 Å². The van der Waals surface area contributed by atoms with Crippen LogP contribution in [0.4, 0.5) is 0 Å². The monoisotopic (exact) mass is 245 g/mol.